The molecular weight excluding hydrogens is 475 g/mol. The zero-order valence-electron chi connectivity index (χ0n) is 21.8. The summed E-state index contributed by atoms with van der Waals surface area (Å²) < 4.78 is 15.9. The number of allylic oxidation sites excluding steroid dienone is 2. The Balaban J connectivity index is 1.63. The molecule has 2 aromatic rings. The molecule has 0 unspecified atom stereocenters. The number of benzene rings is 1. The maximum atomic E-state index is 12.5. The number of aromatic nitrogens is 1. The van der Waals surface area contributed by atoms with Crippen LogP contribution in [0.4, 0.5) is 0 Å². The highest BCUT2D eigenvalue weighted by Crippen LogP contribution is 2.36. The van der Waals surface area contributed by atoms with Crippen LogP contribution in [0, 0.1) is 0 Å². The van der Waals surface area contributed by atoms with Gasteiger partial charge in [0.25, 0.3) is 0 Å². The van der Waals surface area contributed by atoms with E-state index in [1.807, 2.05) is 30.5 Å². The molecule has 0 radical (unpaired) electrons. The van der Waals surface area contributed by atoms with Gasteiger partial charge in [0.05, 0.1) is 12.6 Å². The van der Waals surface area contributed by atoms with Crippen LogP contribution in [0.5, 0.6) is 0 Å². The molecule has 36 heavy (non-hydrogen) atoms. The average Bonchev–Trinajstić information content (AvgIpc) is 3.25. The Morgan fingerprint density at radius 1 is 1.00 bits per heavy atom. The fraction of sp³-hybridized carbons (Fsp3) is 0.607. The minimum atomic E-state index is -4.62. The number of fused-ring (bicyclic) bond motifs is 1. The first-order chi connectivity index (χ1) is 17.4. The van der Waals surface area contributed by atoms with E-state index in [4.69, 9.17) is 14.3 Å². The third kappa shape index (κ3) is 13.4. The number of para-hydroxylation sites is 1. The highest BCUT2D eigenvalue weighted by Gasteiger charge is 2.21. The van der Waals surface area contributed by atoms with Crippen molar-refractivity contribution in [3.63, 3.8) is 0 Å². The summed E-state index contributed by atoms with van der Waals surface area (Å²) >= 11 is 0. The fourth-order valence-corrected chi connectivity index (χ4v) is 4.76. The lowest BCUT2D eigenvalue weighted by molar-refractivity contribution is -0.122. The number of rotatable bonds is 20. The summed E-state index contributed by atoms with van der Waals surface area (Å²) in [5, 5.41) is 3.93. The van der Waals surface area contributed by atoms with Crippen LogP contribution in [0.15, 0.2) is 42.6 Å². The summed E-state index contributed by atoms with van der Waals surface area (Å²) in [5.41, 5.74) is 1.94. The summed E-state index contributed by atoms with van der Waals surface area (Å²) in [6.07, 6.45) is 21.6. The number of phosphoric acid groups is 1. The Morgan fingerprint density at radius 2 is 1.64 bits per heavy atom. The maximum absolute atomic E-state index is 12.5. The molecule has 1 heterocycles. The number of aromatic amines is 1. The van der Waals surface area contributed by atoms with Gasteiger partial charge in [0, 0.05) is 23.5 Å². The first kappa shape index (κ1) is 30.3. The minimum absolute atomic E-state index is 0.118. The molecule has 8 heteroatoms. The van der Waals surface area contributed by atoms with Crippen molar-refractivity contribution in [2.45, 2.75) is 103 Å². The lowest BCUT2D eigenvalue weighted by atomic mass is 10.0. The van der Waals surface area contributed by atoms with E-state index in [2.05, 4.69) is 29.4 Å². The van der Waals surface area contributed by atoms with Crippen LogP contribution in [0.1, 0.15) is 96.0 Å². The number of hydrogen-bond acceptors (Lipinski definition) is 3. The molecule has 1 aromatic heterocycles. The summed E-state index contributed by atoms with van der Waals surface area (Å²) in [4.78, 5) is 33.9. The molecule has 0 aliphatic rings. The van der Waals surface area contributed by atoms with Gasteiger partial charge in [-0.1, -0.05) is 82.2 Å². The SMILES string of the molecule is CCCCCCCC/C=C\CCCCCCC(=O)N[C@H](COP(=O)(O)O)Cc1c[nH]c2ccccc12. The maximum Gasteiger partial charge on any atom is 0.469 e. The molecule has 0 aliphatic heterocycles. The molecule has 7 nitrogen and oxygen atoms in total. The standard InChI is InChI=1S/C28H45N2O5P/c1-2-3-4-5-6-7-8-9-10-11-12-13-14-15-20-28(31)30-25(23-35-36(32,33)34)21-24-22-29-27-19-17-16-18-26(24)27/h9-10,16-19,22,25,29H,2-8,11-15,20-21,23H2,1H3,(H,30,31)(H2,32,33,34)/b10-9-/t25-/m0/s1. The summed E-state index contributed by atoms with van der Waals surface area (Å²) in [6, 6.07) is 7.29. The lowest BCUT2D eigenvalue weighted by Gasteiger charge is -2.19. The van der Waals surface area contributed by atoms with E-state index in [1.54, 1.807) is 0 Å². The molecule has 4 N–H and O–H groups in total. The van der Waals surface area contributed by atoms with Crippen molar-refractivity contribution in [2.75, 3.05) is 6.61 Å². The molecule has 202 valence electrons. The van der Waals surface area contributed by atoms with Crippen LogP contribution >= 0.6 is 7.82 Å². The molecule has 0 saturated carbocycles. The lowest BCUT2D eigenvalue weighted by Crippen LogP contribution is -2.39. The summed E-state index contributed by atoms with van der Waals surface area (Å²) in [7, 11) is -4.62. The van der Waals surface area contributed by atoms with Gasteiger partial charge >= 0.3 is 7.82 Å². The fourth-order valence-electron chi connectivity index (χ4n) is 4.38. The van der Waals surface area contributed by atoms with Gasteiger partial charge in [-0.2, -0.15) is 0 Å². The van der Waals surface area contributed by atoms with Crippen molar-refractivity contribution in [1.29, 1.82) is 0 Å². The topological polar surface area (TPSA) is 112 Å². The second-order valence-electron chi connectivity index (χ2n) is 9.60. The highest BCUT2D eigenvalue weighted by molar-refractivity contribution is 7.46. The molecule has 0 fully saturated rings. The van der Waals surface area contributed by atoms with Crippen molar-refractivity contribution < 1.29 is 23.7 Å². The van der Waals surface area contributed by atoms with E-state index in [0.29, 0.717) is 12.8 Å². The quantitative estimate of drug-likeness (QED) is 0.0857. The number of nitrogens with one attached hydrogen (secondary N) is 2. The van der Waals surface area contributed by atoms with Gasteiger partial charge < -0.3 is 20.1 Å². The monoisotopic (exact) mass is 520 g/mol. The van der Waals surface area contributed by atoms with Gasteiger partial charge in [-0.3, -0.25) is 9.32 Å². The molecule has 2 rings (SSSR count). The van der Waals surface area contributed by atoms with Crippen molar-refractivity contribution in [3.8, 4) is 0 Å². The molecule has 0 bridgehead atoms. The van der Waals surface area contributed by atoms with Crippen LogP contribution in [-0.4, -0.2) is 33.3 Å². The Hall–Kier alpha value is -1.92. The Labute approximate surface area is 216 Å². The van der Waals surface area contributed by atoms with Crippen molar-refractivity contribution in [1.82, 2.24) is 10.3 Å². The molecule has 0 aliphatic carbocycles. The van der Waals surface area contributed by atoms with E-state index in [9.17, 15) is 9.36 Å². The van der Waals surface area contributed by atoms with Gasteiger partial charge in [-0.25, -0.2) is 4.57 Å². The van der Waals surface area contributed by atoms with Crippen LogP contribution in [0.2, 0.25) is 0 Å². The smallest absolute Gasteiger partial charge is 0.361 e. The van der Waals surface area contributed by atoms with Gasteiger partial charge in [0.1, 0.15) is 0 Å². The third-order valence-corrected chi connectivity index (χ3v) is 6.85. The van der Waals surface area contributed by atoms with E-state index >= 15 is 0 Å². The third-order valence-electron chi connectivity index (χ3n) is 6.37. The highest BCUT2D eigenvalue weighted by atomic mass is 31.2. The first-order valence-corrected chi connectivity index (χ1v) is 15.1. The number of hydrogen-bond donors (Lipinski definition) is 4. The average molecular weight is 521 g/mol. The van der Waals surface area contributed by atoms with Crippen molar-refractivity contribution >= 4 is 24.6 Å². The summed E-state index contributed by atoms with van der Waals surface area (Å²) in [6.45, 7) is 2.00. The van der Waals surface area contributed by atoms with Crippen LogP contribution in [0.25, 0.3) is 10.9 Å². The number of carbonyl (C=O) groups excluding carboxylic acids is 1. The van der Waals surface area contributed by atoms with Crippen LogP contribution in [-0.2, 0) is 20.3 Å². The normalized spacial score (nSPS) is 13.0. The number of unbranched alkanes of at least 4 members (excludes halogenated alkanes) is 10. The number of H-pyrrole nitrogens is 1. The second-order valence-corrected chi connectivity index (χ2v) is 10.8. The zero-order chi connectivity index (χ0) is 26.1. The van der Waals surface area contributed by atoms with E-state index in [-0.39, 0.29) is 12.5 Å². The molecule has 0 saturated heterocycles. The van der Waals surface area contributed by atoms with Gasteiger partial charge in [0.15, 0.2) is 0 Å². The Bertz CT molecular complexity index is 952. The minimum Gasteiger partial charge on any atom is -0.361 e. The number of phosphoric ester groups is 1. The number of carbonyl (C=O) groups is 1. The molecule has 0 spiro atoms. The molecular formula is C28H45N2O5P. The predicted molar refractivity (Wildman–Crippen MR) is 147 cm³/mol. The van der Waals surface area contributed by atoms with E-state index in [1.165, 1.54) is 44.9 Å². The Morgan fingerprint density at radius 3 is 2.33 bits per heavy atom. The molecule has 1 amide bonds. The van der Waals surface area contributed by atoms with Crippen molar-refractivity contribution in [3.05, 3.63) is 48.2 Å². The van der Waals surface area contributed by atoms with Gasteiger partial charge in [-0.15, -0.1) is 0 Å². The zero-order valence-corrected chi connectivity index (χ0v) is 22.7. The van der Waals surface area contributed by atoms with Crippen molar-refractivity contribution in [2.24, 2.45) is 0 Å². The first-order valence-electron chi connectivity index (χ1n) is 13.6. The summed E-state index contributed by atoms with van der Waals surface area (Å²) in [5.74, 6) is -0.118. The van der Waals surface area contributed by atoms with Gasteiger partial charge in [0.2, 0.25) is 5.91 Å². The van der Waals surface area contributed by atoms with Crippen LogP contribution in [0.3, 0.4) is 0 Å². The van der Waals surface area contributed by atoms with Gasteiger partial charge in [-0.05, 0) is 50.2 Å². The Kier molecular flexibility index (Phi) is 14.7. The molecule has 1 atom stereocenters. The van der Waals surface area contributed by atoms with Crippen LogP contribution < -0.4 is 5.32 Å². The number of amides is 1. The predicted octanol–water partition coefficient (Wildman–Crippen LogP) is 6.95. The molecule has 1 aromatic carbocycles. The van der Waals surface area contributed by atoms with E-state index in [0.717, 1.165) is 48.6 Å². The second kappa shape index (κ2) is 17.5. The van der Waals surface area contributed by atoms with E-state index < -0.39 is 13.9 Å². The largest absolute Gasteiger partial charge is 0.469 e.